The van der Waals surface area contributed by atoms with Crippen LogP contribution in [0.3, 0.4) is 0 Å². The first-order chi connectivity index (χ1) is 10.0. The highest BCUT2D eigenvalue weighted by atomic mass is 16.5. The predicted octanol–water partition coefficient (Wildman–Crippen LogP) is 3.39. The molecule has 1 aromatic carbocycles. The minimum Gasteiger partial charge on any atom is -0.494 e. The Kier molecular flexibility index (Phi) is 5.02. The van der Waals surface area contributed by atoms with E-state index in [-0.39, 0.29) is 0 Å². The molecular weight excluding hydrogens is 262 g/mol. The lowest BCUT2D eigenvalue weighted by Crippen LogP contribution is -2.22. The van der Waals surface area contributed by atoms with Gasteiger partial charge in [-0.25, -0.2) is 4.68 Å². The van der Waals surface area contributed by atoms with E-state index in [2.05, 4.69) is 38.1 Å². The van der Waals surface area contributed by atoms with Gasteiger partial charge in [0.25, 0.3) is 0 Å². The molecule has 0 saturated heterocycles. The average molecular weight is 287 g/mol. The van der Waals surface area contributed by atoms with Gasteiger partial charge in [0.05, 0.1) is 18.0 Å². The first-order valence-corrected chi connectivity index (χ1v) is 7.54. The second-order valence-corrected chi connectivity index (χ2v) is 5.52. The molecule has 0 aliphatic carbocycles. The van der Waals surface area contributed by atoms with E-state index < -0.39 is 0 Å². The van der Waals surface area contributed by atoms with Crippen LogP contribution in [-0.2, 0) is 6.54 Å². The molecule has 4 heteroatoms. The van der Waals surface area contributed by atoms with Crippen molar-refractivity contribution in [3.63, 3.8) is 0 Å². The lowest BCUT2D eigenvalue weighted by molar-refractivity contribution is 0.340. The van der Waals surface area contributed by atoms with E-state index in [1.54, 1.807) is 0 Å². The van der Waals surface area contributed by atoms with Crippen LogP contribution in [-0.4, -0.2) is 22.4 Å². The van der Waals surface area contributed by atoms with Crippen LogP contribution in [0.2, 0.25) is 0 Å². The molecule has 0 unspecified atom stereocenters. The molecule has 114 valence electrons. The van der Waals surface area contributed by atoms with Gasteiger partial charge >= 0.3 is 0 Å². The standard InChI is InChI=1S/C17H25N3O/c1-6-21-16-9-7-15(8-10-16)20-14(5)17(13(4)19-20)11-18-12(2)3/h7-10,12,18H,6,11H2,1-5H3. The number of nitrogens with zero attached hydrogens (tertiary/aromatic N) is 2. The predicted molar refractivity (Wildman–Crippen MR) is 86.2 cm³/mol. The minimum atomic E-state index is 0.470. The van der Waals surface area contributed by atoms with Crippen LogP contribution in [0.5, 0.6) is 5.75 Å². The number of nitrogens with one attached hydrogen (secondary N) is 1. The quantitative estimate of drug-likeness (QED) is 0.885. The molecule has 0 aliphatic heterocycles. The normalized spacial score (nSPS) is 11.1. The van der Waals surface area contributed by atoms with Crippen LogP contribution in [0.4, 0.5) is 0 Å². The third kappa shape index (κ3) is 3.64. The first-order valence-electron chi connectivity index (χ1n) is 7.54. The van der Waals surface area contributed by atoms with Gasteiger partial charge in [-0.3, -0.25) is 0 Å². The molecule has 2 aromatic rings. The second kappa shape index (κ2) is 6.76. The molecule has 1 aromatic heterocycles. The van der Waals surface area contributed by atoms with E-state index in [0.717, 1.165) is 23.7 Å². The Bertz CT molecular complexity index is 585. The third-order valence-corrected chi connectivity index (χ3v) is 3.52. The van der Waals surface area contributed by atoms with Gasteiger partial charge in [0, 0.05) is 23.8 Å². The molecule has 1 N–H and O–H groups in total. The maximum atomic E-state index is 5.48. The number of benzene rings is 1. The van der Waals surface area contributed by atoms with Gasteiger partial charge in [-0.05, 0) is 45.0 Å². The zero-order valence-electron chi connectivity index (χ0n) is 13.6. The lowest BCUT2D eigenvalue weighted by Gasteiger charge is -2.09. The summed E-state index contributed by atoms with van der Waals surface area (Å²) >= 11 is 0. The van der Waals surface area contributed by atoms with E-state index in [0.29, 0.717) is 12.6 Å². The number of rotatable bonds is 6. The number of hydrogen-bond donors (Lipinski definition) is 1. The fraction of sp³-hybridized carbons (Fsp3) is 0.471. The van der Waals surface area contributed by atoms with Crippen molar-refractivity contribution < 1.29 is 4.74 Å². The van der Waals surface area contributed by atoms with Gasteiger partial charge in [-0.2, -0.15) is 5.10 Å². The molecule has 21 heavy (non-hydrogen) atoms. The monoisotopic (exact) mass is 287 g/mol. The van der Waals surface area contributed by atoms with Crippen LogP contribution in [0.15, 0.2) is 24.3 Å². The Morgan fingerprint density at radius 3 is 2.43 bits per heavy atom. The molecule has 0 atom stereocenters. The Balaban J connectivity index is 2.25. The summed E-state index contributed by atoms with van der Waals surface area (Å²) in [6.45, 7) is 12.0. The lowest BCUT2D eigenvalue weighted by atomic mass is 10.2. The maximum Gasteiger partial charge on any atom is 0.119 e. The number of aryl methyl sites for hydroxylation is 1. The summed E-state index contributed by atoms with van der Waals surface area (Å²) in [5.41, 5.74) is 4.60. The molecule has 4 nitrogen and oxygen atoms in total. The van der Waals surface area contributed by atoms with Crippen LogP contribution in [0.1, 0.15) is 37.7 Å². The Hall–Kier alpha value is -1.81. The molecule has 0 fully saturated rings. The van der Waals surface area contributed by atoms with E-state index in [1.165, 1.54) is 11.3 Å². The van der Waals surface area contributed by atoms with E-state index in [9.17, 15) is 0 Å². The van der Waals surface area contributed by atoms with E-state index in [4.69, 9.17) is 4.74 Å². The largest absolute Gasteiger partial charge is 0.494 e. The molecule has 0 amide bonds. The number of ether oxygens (including phenoxy) is 1. The fourth-order valence-electron chi connectivity index (χ4n) is 2.34. The van der Waals surface area contributed by atoms with Gasteiger partial charge in [-0.1, -0.05) is 13.8 Å². The topological polar surface area (TPSA) is 39.1 Å². The van der Waals surface area contributed by atoms with E-state index >= 15 is 0 Å². The molecule has 0 spiro atoms. The number of hydrogen-bond acceptors (Lipinski definition) is 3. The molecule has 0 saturated carbocycles. The van der Waals surface area contributed by atoms with Crippen LogP contribution >= 0.6 is 0 Å². The van der Waals surface area contributed by atoms with E-state index in [1.807, 2.05) is 35.9 Å². The fourth-order valence-corrected chi connectivity index (χ4v) is 2.34. The Morgan fingerprint density at radius 2 is 1.86 bits per heavy atom. The summed E-state index contributed by atoms with van der Waals surface area (Å²) in [7, 11) is 0. The summed E-state index contributed by atoms with van der Waals surface area (Å²) in [5.74, 6) is 0.893. The maximum absolute atomic E-state index is 5.48. The first kappa shape index (κ1) is 15.6. The molecule has 0 bridgehead atoms. The molecule has 1 heterocycles. The van der Waals surface area contributed by atoms with Crippen molar-refractivity contribution >= 4 is 0 Å². The van der Waals surface area contributed by atoms with Crippen molar-refractivity contribution in [2.24, 2.45) is 0 Å². The molecule has 0 radical (unpaired) electrons. The zero-order valence-corrected chi connectivity index (χ0v) is 13.6. The highest BCUT2D eigenvalue weighted by Crippen LogP contribution is 2.20. The van der Waals surface area contributed by atoms with Crippen molar-refractivity contribution in [3.8, 4) is 11.4 Å². The highest BCUT2D eigenvalue weighted by Gasteiger charge is 2.12. The van der Waals surface area contributed by atoms with Crippen LogP contribution in [0, 0.1) is 13.8 Å². The SMILES string of the molecule is CCOc1ccc(-n2nc(C)c(CNC(C)C)c2C)cc1. The Morgan fingerprint density at radius 1 is 1.19 bits per heavy atom. The Labute approximate surface area is 127 Å². The van der Waals surface area contributed by atoms with Crippen molar-refractivity contribution in [1.29, 1.82) is 0 Å². The van der Waals surface area contributed by atoms with Gasteiger partial charge in [-0.15, -0.1) is 0 Å². The molecular formula is C17H25N3O. The van der Waals surface area contributed by atoms with Gasteiger partial charge in [0.2, 0.25) is 0 Å². The third-order valence-electron chi connectivity index (χ3n) is 3.52. The van der Waals surface area contributed by atoms with Crippen molar-refractivity contribution in [3.05, 3.63) is 41.2 Å². The molecule has 0 aliphatic rings. The van der Waals surface area contributed by atoms with Crippen molar-refractivity contribution in [1.82, 2.24) is 15.1 Å². The van der Waals surface area contributed by atoms with Gasteiger partial charge < -0.3 is 10.1 Å². The van der Waals surface area contributed by atoms with Crippen LogP contribution in [0.25, 0.3) is 5.69 Å². The summed E-state index contributed by atoms with van der Waals surface area (Å²) in [6.07, 6.45) is 0. The summed E-state index contributed by atoms with van der Waals surface area (Å²) < 4.78 is 7.48. The van der Waals surface area contributed by atoms with Gasteiger partial charge in [0.1, 0.15) is 5.75 Å². The second-order valence-electron chi connectivity index (χ2n) is 5.52. The van der Waals surface area contributed by atoms with Crippen molar-refractivity contribution in [2.45, 2.75) is 47.2 Å². The summed E-state index contributed by atoms with van der Waals surface area (Å²) in [6, 6.07) is 8.54. The van der Waals surface area contributed by atoms with Gasteiger partial charge in [0.15, 0.2) is 0 Å². The molecule has 2 rings (SSSR count). The average Bonchev–Trinajstić information content (AvgIpc) is 2.73. The highest BCUT2D eigenvalue weighted by molar-refractivity contribution is 5.40. The van der Waals surface area contributed by atoms with Crippen LogP contribution < -0.4 is 10.1 Å². The summed E-state index contributed by atoms with van der Waals surface area (Å²) in [5, 5.41) is 8.13. The smallest absolute Gasteiger partial charge is 0.119 e. The van der Waals surface area contributed by atoms with Crippen molar-refractivity contribution in [2.75, 3.05) is 6.61 Å². The number of aromatic nitrogens is 2. The summed E-state index contributed by atoms with van der Waals surface area (Å²) in [4.78, 5) is 0. The minimum absolute atomic E-state index is 0.470. The zero-order chi connectivity index (χ0) is 15.4.